The molecule has 0 aliphatic heterocycles. The average Bonchev–Trinajstić information content (AvgIpc) is 2.50. The number of nitrogens with zero attached hydrogens (tertiary/aromatic N) is 2. The highest BCUT2D eigenvalue weighted by atomic mass is 16.4. The lowest BCUT2D eigenvalue weighted by Crippen LogP contribution is -2.09. The van der Waals surface area contributed by atoms with E-state index in [1.807, 2.05) is 13.8 Å². The molecular weight excluding hydrogens is 184 g/mol. The zero-order valence-electron chi connectivity index (χ0n) is 8.27. The van der Waals surface area contributed by atoms with Crippen LogP contribution in [0.25, 0.3) is 0 Å². The van der Waals surface area contributed by atoms with Crippen molar-refractivity contribution < 1.29 is 15.0 Å². The molecule has 14 heavy (non-hydrogen) atoms. The topological polar surface area (TPSA) is 75.4 Å². The van der Waals surface area contributed by atoms with Gasteiger partial charge in [-0.3, -0.25) is 4.68 Å². The molecule has 2 N–H and O–H groups in total. The fourth-order valence-electron chi connectivity index (χ4n) is 1.38. The van der Waals surface area contributed by atoms with Crippen molar-refractivity contribution in [3.8, 4) is 5.75 Å². The predicted molar refractivity (Wildman–Crippen MR) is 50.5 cm³/mol. The van der Waals surface area contributed by atoms with Crippen molar-refractivity contribution in [2.45, 2.75) is 32.7 Å². The summed E-state index contributed by atoms with van der Waals surface area (Å²) in [4.78, 5) is 10.6. The molecule has 5 heteroatoms. The molecule has 0 saturated carbocycles. The molecule has 0 aromatic carbocycles. The standard InChI is InChI=1S/C9H14N2O3/c1-3-6(4-2)11-5-7(12)8(10-11)9(13)14/h5-6,12H,3-4H2,1-2H3,(H,13,14). The molecule has 78 valence electrons. The number of rotatable bonds is 4. The van der Waals surface area contributed by atoms with E-state index in [0.717, 1.165) is 12.8 Å². The molecule has 1 heterocycles. The predicted octanol–water partition coefficient (Wildman–Crippen LogP) is 1.65. The maximum Gasteiger partial charge on any atom is 0.360 e. The van der Waals surface area contributed by atoms with Crippen LogP contribution in [-0.4, -0.2) is 26.0 Å². The van der Waals surface area contributed by atoms with Crippen LogP contribution in [0.3, 0.4) is 0 Å². The van der Waals surface area contributed by atoms with E-state index >= 15 is 0 Å². The zero-order chi connectivity index (χ0) is 10.7. The molecule has 0 spiro atoms. The summed E-state index contributed by atoms with van der Waals surface area (Å²) in [7, 11) is 0. The molecule has 0 saturated heterocycles. The van der Waals surface area contributed by atoms with E-state index in [4.69, 9.17) is 5.11 Å². The third-order valence-electron chi connectivity index (χ3n) is 2.23. The van der Waals surface area contributed by atoms with Gasteiger partial charge in [-0.05, 0) is 12.8 Å². The molecule has 0 radical (unpaired) electrons. The molecule has 1 aromatic rings. The maximum atomic E-state index is 10.6. The number of hydrogen-bond acceptors (Lipinski definition) is 3. The van der Waals surface area contributed by atoms with E-state index < -0.39 is 5.97 Å². The first kappa shape index (κ1) is 10.6. The summed E-state index contributed by atoms with van der Waals surface area (Å²) in [5.41, 5.74) is -0.281. The summed E-state index contributed by atoms with van der Waals surface area (Å²) >= 11 is 0. The Bertz CT molecular complexity index is 329. The smallest absolute Gasteiger partial charge is 0.360 e. The lowest BCUT2D eigenvalue weighted by atomic mass is 10.2. The summed E-state index contributed by atoms with van der Waals surface area (Å²) in [6.07, 6.45) is 3.08. The molecule has 5 nitrogen and oxygen atoms in total. The van der Waals surface area contributed by atoms with Gasteiger partial charge in [0.1, 0.15) is 0 Å². The average molecular weight is 198 g/mol. The molecule has 0 amide bonds. The fourth-order valence-corrected chi connectivity index (χ4v) is 1.38. The Morgan fingerprint density at radius 3 is 2.50 bits per heavy atom. The van der Waals surface area contributed by atoms with Gasteiger partial charge in [0, 0.05) is 0 Å². The van der Waals surface area contributed by atoms with E-state index in [0.29, 0.717) is 0 Å². The SMILES string of the molecule is CCC(CC)n1cc(O)c(C(=O)O)n1. The van der Waals surface area contributed by atoms with Gasteiger partial charge in [0.15, 0.2) is 5.75 Å². The molecule has 0 aliphatic rings. The number of carboxylic acid groups (broad SMARTS) is 1. The van der Waals surface area contributed by atoms with Crippen LogP contribution in [0, 0.1) is 0 Å². The van der Waals surface area contributed by atoms with Crippen LogP contribution in [0.15, 0.2) is 6.20 Å². The summed E-state index contributed by atoms with van der Waals surface area (Å²) in [6.45, 7) is 3.99. The number of hydrogen-bond donors (Lipinski definition) is 2. The Balaban J connectivity index is 3.01. The first-order valence-corrected chi connectivity index (χ1v) is 4.61. The summed E-state index contributed by atoms with van der Waals surface area (Å²) in [6, 6.07) is 0.147. The van der Waals surface area contributed by atoms with Crippen LogP contribution in [-0.2, 0) is 0 Å². The summed E-state index contributed by atoms with van der Waals surface area (Å²) < 4.78 is 1.51. The van der Waals surface area contributed by atoms with E-state index in [9.17, 15) is 9.90 Å². The minimum atomic E-state index is -1.20. The Morgan fingerprint density at radius 1 is 1.57 bits per heavy atom. The number of aromatic carboxylic acids is 1. The molecule has 0 unspecified atom stereocenters. The quantitative estimate of drug-likeness (QED) is 0.771. The molecular formula is C9H14N2O3. The Morgan fingerprint density at radius 2 is 2.14 bits per heavy atom. The highest BCUT2D eigenvalue weighted by Crippen LogP contribution is 2.21. The van der Waals surface area contributed by atoms with Crippen molar-refractivity contribution in [2.75, 3.05) is 0 Å². The van der Waals surface area contributed by atoms with E-state index in [1.54, 1.807) is 0 Å². The fraction of sp³-hybridized carbons (Fsp3) is 0.556. The van der Waals surface area contributed by atoms with Gasteiger partial charge in [0.25, 0.3) is 0 Å². The lowest BCUT2D eigenvalue weighted by molar-refractivity contribution is 0.0686. The molecule has 1 rings (SSSR count). The van der Waals surface area contributed by atoms with Gasteiger partial charge in [-0.2, -0.15) is 5.10 Å². The Hall–Kier alpha value is -1.52. The van der Waals surface area contributed by atoms with Crippen molar-refractivity contribution >= 4 is 5.97 Å². The second kappa shape index (κ2) is 4.13. The first-order chi connectivity index (χ1) is 6.60. The zero-order valence-corrected chi connectivity index (χ0v) is 8.27. The van der Waals surface area contributed by atoms with E-state index in [-0.39, 0.29) is 17.5 Å². The molecule has 0 fully saturated rings. The minimum absolute atomic E-state index is 0.147. The van der Waals surface area contributed by atoms with Crippen LogP contribution in [0.4, 0.5) is 0 Å². The van der Waals surface area contributed by atoms with Crippen molar-refractivity contribution in [3.63, 3.8) is 0 Å². The van der Waals surface area contributed by atoms with Crippen molar-refractivity contribution in [2.24, 2.45) is 0 Å². The maximum absolute atomic E-state index is 10.6. The van der Waals surface area contributed by atoms with Crippen LogP contribution in [0.2, 0.25) is 0 Å². The van der Waals surface area contributed by atoms with Gasteiger partial charge >= 0.3 is 5.97 Å². The van der Waals surface area contributed by atoms with Gasteiger partial charge in [0.05, 0.1) is 12.2 Å². The van der Waals surface area contributed by atoms with Gasteiger partial charge < -0.3 is 10.2 Å². The minimum Gasteiger partial charge on any atom is -0.504 e. The van der Waals surface area contributed by atoms with Gasteiger partial charge in [-0.1, -0.05) is 13.8 Å². The Labute approximate surface area is 82.0 Å². The lowest BCUT2D eigenvalue weighted by Gasteiger charge is -2.11. The number of aromatic hydroxyl groups is 1. The van der Waals surface area contributed by atoms with Gasteiger partial charge in [-0.15, -0.1) is 0 Å². The number of carboxylic acids is 1. The Kier molecular flexibility index (Phi) is 3.11. The van der Waals surface area contributed by atoms with Crippen molar-refractivity contribution in [3.05, 3.63) is 11.9 Å². The van der Waals surface area contributed by atoms with E-state index in [2.05, 4.69) is 5.10 Å². The van der Waals surface area contributed by atoms with Crippen LogP contribution in [0.5, 0.6) is 5.75 Å². The first-order valence-electron chi connectivity index (χ1n) is 4.61. The largest absolute Gasteiger partial charge is 0.504 e. The van der Waals surface area contributed by atoms with Crippen LogP contribution >= 0.6 is 0 Å². The highest BCUT2D eigenvalue weighted by molar-refractivity contribution is 5.88. The summed E-state index contributed by atoms with van der Waals surface area (Å²) in [5.74, 6) is -1.48. The van der Waals surface area contributed by atoms with Gasteiger partial charge in [0.2, 0.25) is 5.69 Å². The van der Waals surface area contributed by atoms with Crippen LogP contribution < -0.4 is 0 Å². The van der Waals surface area contributed by atoms with Crippen molar-refractivity contribution in [1.29, 1.82) is 0 Å². The van der Waals surface area contributed by atoms with Crippen molar-refractivity contribution in [1.82, 2.24) is 9.78 Å². The molecule has 0 bridgehead atoms. The number of aromatic nitrogens is 2. The molecule has 0 aliphatic carbocycles. The third-order valence-corrected chi connectivity index (χ3v) is 2.23. The number of carbonyl (C=O) groups is 1. The van der Waals surface area contributed by atoms with E-state index in [1.165, 1.54) is 10.9 Å². The summed E-state index contributed by atoms with van der Waals surface area (Å²) in [5, 5.41) is 21.8. The highest BCUT2D eigenvalue weighted by Gasteiger charge is 2.17. The third kappa shape index (κ3) is 1.86. The normalized spacial score (nSPS) is 10.8. The second-order valence-corrected chi connectivity index (χ2v) is 3.12. The molecule has 0 atom stereocenters. The van der Waals surface area contributed by atoms with Gasteiger partial charge in [-0.25, -0.2) is 4.79 Å². The van der Waals surface area contributed by atoms with Crippen LogP contribution in [0.1, 0.15) is 43.2 Å². The molecule has 1 aromatic heterocycles. The second-order valence-electron chi connectivity index (χ2n) is 3.12. The monoisotopic (exact) mass is 198 g/mol.